The lowest BCUT2D eigenvalue weighted by Crippen LogP contribution is -2.44. The van der Waals surface area contributed by atoms with Crippen LogP contribution in [0.3, 0.4) is 0 Å². The molecule has 0 saturated carbocycles. The molecule has 0 aromatic carbocycles. The largest absolute Gasteiger partial charge is 0.334 e. The Morgan fingerprint density at radius 2 is 2.38 bits per heavy atom. The molecular weight excluding hydrogens is 202 g/mol. The number of nitrogens with zero attached hydrogens (tertiary/aromatic N) is 3. The van der Waals surface area contributed by atoms with Crippen LogP contribution in [0.25, 0.3) is 0 Å². The van der Waals surface area contributed by atoms with E-state index < -0.39 is 0 Å². The number of aryl methyl sites for hydroxylation is 1. The SMILES string of the molecule is CCC1CCCCN1C(=O)c1ccnn1C. The van der Waals surface area contributed by atoms with E-state index in [2.05, 4.69) is 12.0 Å². The monoisotopic (exact) mass is 221 g/mol. The summed E-state index contributed by atoms with van der Waals surface area (Å²) in [4.78, 5) is 14.3. The third kappa shape index (κ3) is 1.96. The van der Waals surface area contributed by atoms with E-state index >= 15 is 0 Å². The minimum atomic E-state index is 0.131. The smallest absolute Gasteiger partial charge is 0.272 e. The number of aromatic nitrogens is 2. The van der Waals surface area contributed by atoms with E-state index in [4.69, 9.17) is 0 Å². The Hall–Kier alpha value is -1.32. The van der Waals surface area contributed by atoms with Crippen molar-refractivity contribution >= 4 is 5.91 Å². The van der Waals surface area contributed by atoms with Gasteiger partial charge in [0.15, 0.2) is 0 Å². The van der Waals surface area contributed by atoms with Gasteiger partial charge in [-0.25, -0.2) is 0 Å². The van der Waals surface area contributed by atoms with Gasteiger partial charge in [-0.05, 0) is 31.7 Å². The van der Waals surface area contributed by atoms with Crippen molar-refractivity contribution < 1.29 is 4.79 Å². The summed E-state index contributed by atoms with van der Waals surface area (Å²) in [5, 5.41) is 4.05. The van der Waals surface area contributed by atoms with Crippen LogP contribution in [0.2, 0.25) is 0 Å². The van der Waals surface area contributed by atoms with E-state index in [-0.39, 0.29) is 5.91 Å². The predicted octanol–water partition coefficient (Wildman–Crippen LogP) is 1.82. The molecule has 4 heteroatoms. The molecule has 1 fully saturated rings. The first kappa shape index (κ1) is 11.2. The van der Waals surface area contributed by atoms with Gasteiger partial charge in [-0.15, -0.1) is 0 Å². The highest BCUT2D eigenvalue weighted by atomic mass is 16.2. The fraction of sp³-hybridized carbons (Fsp3) is 0.667. The lowest BCUT2D eigenvalue weighted by Gasteiger charge is -2.35. The van der Waals surface area contributed by atoms with E-state index in [0.717, 1.165) is 25.8 Å². The minimum absolute atomic E-state index is 0.131. The second-order valence-corrected chi connectivity index (χ2v) is 4.40. The van der Waals surface area contributed by atoms with Crippen molar-refractivity contribution in [1.29, 1.82) is 0 Å². The summed E-state index contributed by atoms with van der Waals surface area (Å²) in [6.45, 7) is 3.04. The van der Waals surface area contributed by atoms with Crippen LogP contribution in [-0.4, -0.2) is 33.2 Å². The highest BCUT2D eigenvalue weighted by Gasteiger charge is 2.27. The maximum atomic E-state index is 12.3. The maximum absolute atomic E-state index is 12.3. The second-order valence-electron chi connectivity index (χ2n) is 4.40. The number of hydrogen-bond acceptors (Lipinski definition) is 2. The molecule has 0 aliphatic carbocycles. The molecule has 1 atom stereocenters. The van der Waals surface area contributed by atoms with Gasteiger partial charge in [-0.2, -0.15) is 5.10 Å². The van der Waals surface area contributed by atoms with Gasteiger partial charge in [-0.3, -0.25) is 9.48 Å². The van der Waals surface area contributed by atoms with Crippen LogP contribution in [0.15, 0.2) is 12.3 Å². The normalized spacial score (nSPS) is 21.1. The Morgan fingerprint density at radius 3 is 3.00 bits per heavy atom. The van der Waals surface area contributed by atoms with E-state index in [9.17, 15) is 4.79 Å². The number of hydrogen-bond donors (Lipinski definition) is 0. The quantitative estimate of drug-likeness (QED) is 0.764. The topological polar surface area (TPSA) is 38.1 Å². The Balaban J connectivity index is 2.17. The summed E-state index contributed by atoms with van der Waals surface area (Å²) in [7, 11) is 1.82. The Labute approximate surface area is 96.2 Å². The summed E-state index contributed by atoms with van der Waals surface area (Å²) in [6, 6.07) is 2.21. The molecule has 1 amide bonds. The zero-order chi connectivity index (χ0) is 11.5. The fourth-order valence-corrected chi connectivity index (χ4v) is 2.42. The molecule has 1 aromatic heterocycles. The standard InChI is InChI=1S/C12H19N3O/c1-3-10-6-4-5-9-15(10)12(16)11-7-8-13-14(11)2/h7-8,10H,3-6,9H2,1-2H3. The number of rotatable bonds is 2. The van der Waals surface area contributed by atoms with Crippen LogP contribution < -0.4 is 0 Å². The van der Waals surface area contributed by atoms with Gasteiger partial charge in [0.25, 0.3) is 5.91 Å². The van der Waals surface area contributed by atoms with Crippen LogP contribution >= 0.6 is 0 Å². The van der Waals surface area contributed by atoms with Crippen LogP contribution in [0, 0.1) is 0 Å². The van der Waals surface area contributed by atoms with Gasteiger partial charge >= 0.3 is 0 Å². The number of carbonyl (C=O) groups is 1. The predicted molar refractivity (Wildman–Crippen MR) is 62.2 cm³/mol. The van der Waals surface area contributed by atoms with E-state index in [1.54, 1.807) is 16.9 Å². The number of likely N-dealkylation sites (tertiary alicyclic amines) is 1. The number of carbonyl (C=O) groups excluding carboxylic acids is 1. The molecule has 1 saturated heterocycles. The average Bonchev–Trinajstić information content (AvgIpc) is 2.74. The molecule has 0 radical (unpaired) electrons. The Kier molecular flexibility index (Phi) is 3.27. The first-order valence-electron chi connectivity index (χ1n) is 6.03. The average molecular weight is 221 g/mol. The van der Waals surface area contributed by atoms with Crippen LogP contribution in [0.5, 0.6) is 0 Å². The van der Waals surface area contributed by atoms with Gasteiger partial charge in [0.1, 0.15) is 5.69 Å². The minimum Gasteiger partial charge on any atom is -0.334 e. The Morgan fingerprint density at radius 1 is 1.56 bits per heavy atom. The molecule has 1 aliphatic rings. The van der Waals surface area contributed by atoms with E-state index in [1.807, 2.05) is 11.9 Å². The lowest BCUT2D eigenvalue weighted by molar-refractivity contribution is 0.0596. The van der Waals surface area contributed by atoms with Gasteiger partial charge in [0.05, 0.1) is 0 Å². The highest BCUT2D eigenvalue weighted by molar-refractivity contribution is 5.92. The van der Waals surface area contributed by atoms with Crippen molar-refractivity contribution in [1.82, 2.24) is 14.7 Å². The summed E-state index contributed by atoms with van der Waals surface area (Å²) in [5.41, 5.74) is 0.695. The van der Waals surface area contributed by atoms with E-state index in [0.29, 0.717) is 11.7 Å². The molecule has 1 unspecified atom stereocenters. The van der Waals surface area contributed by atoms with Crippen LogP contribution in [0.4, 0.5) is 0 Å². The molecule has 16 heavy (non-hydrogen) atoms. The highest BCUT2D eigenvalue weighted by Crippen LogP contribution is 2.21. The summed E-state index contributed by atoms with van der Waals surface area (Å²) in [5.74, 6) is 0.131. The first-order chi connectivity index (χ1) is 7.74. The number of piperidine rings is 1. The van der Waals surface area contributed by atoms with Crippen molar-refractivity contribution in [3.8, 4) is 0 Å². The second kappa shape index (κ2) is 4.68. The molecule has 2 rings (SSSR count). The molecule has 2 heterocycles. The molecule has 0 N–H and O–H groups in total. The van der Waals surface area contributed by atoms with Crippen LogP contribution in [-0.2, 0) is 7.05 Å². The van der Waals surface area contributed by atoms with Crippen molar-refractivity contribution in [2.45, 2.75) is 38.6 Å². The van der Waals surface area contributed by atoms with Crippen molar-refractivity contribution in [3.63, 3.8) is 0 Å². The summed E-state index contributed by atoms with van der Waals surface area (Å²) in [6.07, 6.45) is 6.23. The summed E-state index contributed by atoms with van der Waals surface area (Å²) >= 11 is 0. The molecule has 88 valence electrons. The van der Waals surface area contributed by atoms with Crippen molar-refractivity contribution in [3.05, 3.63) is 18.0 Å². The van der Waals surface area contributed by atoms with E-state index in [1.165, 1.54) is 6.42 Å². The zero-order valence-corrected chi connectivity index (χ0v) is 10.0. The lowest BCUT2D eigenvalue weighted by atomic mass is 9.99. The number of amides is 1. The third-order valence-corrected chi connectivity index (χ3v) is 3.40. The molecule has 0 bridgehead atoms. The van der Waals surface area contributed by atoms with Crippen molar-refractivity contribution in [2.24, 2.45) is 7.05 Å². The van der Waals surface area contributed by atoms with Gasteiger partial charge in [0, 0.05) is 25.8 Å². The third-order valence-electron chi connectivity index (χ3n) is 3.40. The molecule has 1 aromatic rings. The first-order valence-corrected chi connectivity index (χ1v) is 6.03. The fourth-order valence-electron chi connectivity index (χ4n) is 2.42. The zero-order valence-electron chi connectivity index (χ0n) is 10.0. The van der Waals surface area contributed by atoms with Gasteiger partial charge in [0.2, 0.25) is 0 Å². The molecule has 1 aliphatic heterocycles. The molecule has 4 nitrogen and oxygen atoms in total. The summed E-state index contributed by atoms with van der Waals surface area (Å²) < 4.78 is 1.66. The van der Waals surface area contributed by atoms with Gasteiger partial charge in [-0.1, -0.05) is 6.92 Å². The van der Waals surface area contributed by atoms with Gasteiger partial charge < -0.3 is 4.90 Å². The Bertz CT molecular complexity index is 372. The van der Waals surface area contributed by atoms with Crippen molar-refractivity contribution in [2.75, 3.05) is 6.54 Å². The molecule has 0 spiro atoms. The maximum Gasteiger partial charge on any atom is 0.272 e. The van der Waals surface area contributed by atoms with Crippen LogP contribution in [0.1, 0.15) is 43.1 Å². The molecular formula is C12H19N3O.